The molecular weight excluding hydrogens is 349 g/mol. The van der Waals surface area contributed by atoms with Crippen LogP contribution in [-0.2, 0) is 22.5 Å². The minimum absolute atomic E-state index is 0.212. The maximum Gasteiger partial charge on any atom is 0.191 e. The Morgan fingerprint density at radius 3 is 2.89 bits per heavy atom. The fourth-order valence-electron chi connectivity index (χ4n) is 2.81. The molecule has 2 rings (SSSR count). The van der Waals surface area contributed by atoms with Crippen LogP contribution in [0.5, 0.6) is 5.75 Å². The molecule has 0 amide bonds. The molecule has 27 heavy (non-hydrogen) atoms. The van der Waals surface area contributed by atoms with Gasteiger partial charge in [0.2, 0.25) is 0 Å². The number of halogens is 1. The molecule has 1 heterocycles. The number of rotatable bonds is 11. The van der Waals surface area contributed by atoms with Crippen LogP contribution >= 0.6 is 0 Å². The van der Waals surface area contributed by atoms with E-state index in [4.69, 9.17) is 14.2 Å². The van der Waals surface area contributed by atoms with Crippen molar-refractivity contribution in [2.24, 2.45) is 4.99 Å². The molecule has 0 fully saturated rings. The van der Waals surface area contributed by atoms with Crippen LogP contribution in [0.15, 0.2) is 17.1 Å². The topological polar surface area (TPSA) is 64.1 Å². The van der Waals surface area contributed by atoms with Gasteiger partial charge in [-0.25, -0.2) is 4.39 Å². The summed E-state index contributed by atoms with van der Waals surface area (Å²) >= 11 is 0. The second-order valence-electron chi connectivity index (χ2n) is 6.42. The lowest BCUT2D eigenvalue weighted by Gasteiger charge is -2.21. The molecule has 7 heteroatoms. The van der Waals surface area contributed by atoms with Crippen molar-refractivity contribution in [1.29, 1.82) is 0 Å². The molecule has 0 radical (unpaired) electrons. The molecule has 0 atom stereocenters. The number of unbranched alkanes of at least 4 members (excludes halogenated alkanes) is 1. The summed E-state index contributed by atoms with van der Waals surface area (Å²) in [5.74, 6) is 1.25. The molecule has 1 aromatic rings. The molecule has 6 nitrogen and oxygen atoms in total. The van der Waals surface area contributed by atoms with Gasteiger partial charge in [0.05, 0.1) is 6.61 Å². The van der Waals surface area contributed by atoms with Gasteiger partial charge in [-0.15, -0.1) is 0 Å². The molecule has 0 saturated carbocycles. The predicted octanol–water partition coefficient (Wildman–Crippen LogP) is 3.00. The van der Waals surface area contributed by atoms with Crippen LogP contribution in [0, 0.1) is 5.82 Å². The third-order valence-corrected chi connectivity index (χ3v) is 4.14. The second kappa shape index (κ2) is 12.5. The van der Waals surface area contributed by atoms with Gasteiger partial charge < -0.3 is 24.8 Å². The molecular formula is C20H32FN3O3. The van der Waals surface area contributed by atoms with E-state index in [0.717, 1.165) is 61.9 Å². The quantitative estimate of drug-likeness (QED) is 0.350. The Bertz CT molecular complexity index is 596. The zero-order valence-corrected chi connectivity index (χ0v) is 16.5. The Kier molecular flexibility index (Phi) is 9.94. The van der Waals surface area contributed by atoms with Crippen LogP contribution in [0.25, 0.3) is 0 Å². The fraction of sp³-hybridized carbons (Fsp3) is 0.650. The number of guanidine groups is 1. The monoisotopic (exact) mass is 381 g/mol. The van der Waals surface area contributed by atoms with Gasteiger partial charge in [0.1, 0.15) is 11.6 Å². The Morgan fingerprint density at radius 1 is 1.22 bits per heavy atom. The zero-order chi connectivity index (χ0) is 19.3. The summed E-state index contributed by atoms with van der Waals surface area (Å²) in [4.78, 5) is 4.56. The smallest absolute Gasteiger partial charge is 0.191 e. The number of fused-ring (bicyclic) bond motifs is 1. The van der Waals surface area contributed by atoms with E-state index < -0.39 is 0 Å². The van der Waals surface area contributed by atoms with Crippen LogP contribution in [0.2, 0.25) is 0 Å². The van der Waals surface area contributed by atoms with Crippen molar-refractivity contribution in [3.05, 3.63) is 29.1 Å². The highest BCUT2D eigenvalue weighted by atomic mass is 19.1. The Balaban J connectivity index is 1.79. The van der Waals surface area contributed by atoms with Crippen LogP contribution in [-0.4, -0.2) is 45.6 Å². The first-order valence-electron chi connectivity index (χ1n) is 9.86. The highest BCUT2D eigenvalue weighted by Gasteiger charge is 2.16. The van der Waals surface area contributed by atoms with Gasteiger partial charge in [-0.1, -0.05) is 13.3 Å². The molecule has 0 bridgehead atoms. The van der Waals surface area contributed by atoms with Gasteiger partial charge in [-0.05, 0) is 43.9 Å². The largest absolute Gasteiger partial charge is 0.467 e. The van der Waals surface area contributed by atoms with Crippen LogP contribution in [0.4, 0.5) is 4.39 Å². The number of nitrogens with one attached hydrogen (secondary N) is 2. The van der Waals surface area contributed by atoms with Crippen molar-refractivity contribution in [1.82, 2.24) is 10.6 Å². The van der Waals surface area contributed by atoms with E-state index in [1.165, 1.54) is 12.1 Å². The number of ether oxygens (including phenoxy) is 3. The van der Waals surface area contributed by atoms with Gasteiger partial charge in [0.25, 0.3) is 0 Å². The van der Waals surface area contributed by atoms with Crippen molar-refractivity contribution in [2.45, 2.75) is 46.1 Å². The summed E-state index contributed by atoms with van der Waals surface area (Å²) in [5, 5.41) is 6.52. The molecule has 1 aromatic carbocycles. The predicted molar refractivity (Wildman–Crippen MR) is 105 cm³/mol. The van der Waals surface area contributed by atoms with E-state index in [1.807, 2.05) is 6.92 Å². The number of benzene rings is 1. The summed E-state index contributed by atoms with van der Waals surface area (Å²) in [5.41, 5.74) is 1.61. The van der Waals surface area contributed by atoms with Gasteiger partial charge in [-0.2, -0.15) is 0 Å². The van der Waals surface area contributed by atoms with E-state index in [0.29, 0.717) is 26.1 Å². The van der Waals surface area contributed by atoms with Crippen molar-refractivity contribution in [3.8, 4) is 5.75 Å². The van der Waals surface area contributed by atoms with Crippen molar-refractivity contribution < 1.29 is 18.6 Å². The fourth-order valence-corrected chi connectivity index (χ4v) is 2.81. The summed E-state index contributed by atoms with van der Waals surface area (Å²) in [6.07, 6.45) is 3.79. The SMILES string of the molecule is CCCCOCCCN=C(NCC)NCCc1cc(F)cc2c1OCOC2. The molecule has 0 aromatic heterocycles. The summed E-state index contributed by atoms with van der Waals surface area (Å²) in [7, 11) is 0. The first-order valence-corrected chi connectivity index (χ1v) is 9.86. The summed E-state index contributed by atoms with van der Waals surface area (Å²) < 4.78 is 30.1. The number of hydrogen-bond donors (Lipinski definition) is 2. The Morgan fingerprint density at radius 2 is 2.07 bits per heavy atom. The second-order valence-corrected chi connectivity index (χ2v) is 6.42. The lowest BCUT2D eigenvalue weighted by atomic mass is 10.1. The lowest BCUT2D eigenvalue weighted by molar-refractivity contribution is -0.0172. The van der Waals surface area contributed by atoms with Crippen LogP contribution in [0.1, 0.15) is 44.2 Å². The first-order chi connectivity index (χ1) is 13.2. The average Bonchev–Trinajstić information content (AvgIpc) is 2.67. The van der Waals surface area contributed by atoms with Gasteiger partial charge >= 0.3 is 0 Å². The van der Waals surface area contributed by atoms with Gasteiger partial charge in [-0.3, -0.25) is 4.99 Å². The van der Waals surface area contributed by atoms with Gasteiger partial charge in [0.15, 0.2) is 12.8 Å². The molecule has 1 aliphatic rings. The number of hydrogen-bond acceptors (Lipinski definition) is 4. The molecule has 0 unspecified atom stereocenters. The summed E-state index contributed by atoms with van der Waals surface area (Å²) in [6, 6.07) is 3.00. The van der Waals surface area contributed by atoms with E-state index in [1.54, 1.807) is 0 Å². The standard InChI is InChI=1S/C20H32FN3O3/c1-3-5-10-25-11-6-8-23-20(22-4-2)24-9-7-16-12-18(21)13-17-14-26-15-27-19(16)17/h12-13H,3-11,14-15H2,1-2H3,(H2,22,23,24). The Hall–Kier alpha value is -1.86. The maximum absolute atomic E-state index is 13.8. The zero-order valence-electron chi connectivity index (χ0n) is 16.5. The Labute approximate surface area is 161 Å². The van der Waals surface area contributed by atoms with E-state index in [-0.39, 0.29) is 12.6 Å². The van der Waals surface area contributed by atoms with Gasteiger partial charge in [0, 0.05) is 38.4 Å². The van der Waals surface area contributed by atoms with Crippen LogP contribution < -0.4 is 15.4 Å². The molecule has 0 aliphatic carbocycles. The molecule has 1 aliphatic heterocycles. The average molecular weight is 381 g/mol. The molecule has 2 N–H and O–H groups in total. The highest BCUT2D eigenvalue weighted by molar-refractivity contribution is 5.79. The van der Waals surface area contributed by atoms with Crippen molar-refractivity contribution in [2.75, 3.05) is 39.6 Å². The van der Waals surface area contributed by atoms with Crippen LogP contribution in [0.3, 0.4) is 0 Å². The third kappa shape index (κ3) is 7.72. The molecule has 0 saturated heterocycles. The van der Waals surface area contributed by atoms with Crippen molar-refractivity contribution in [3.63, 3.8) is 0 Å². The number of nitrogens with zero attached hydrogens (tertiary/aromatic N) is 1. The maximum atomic E-state index is 13.8. The van der Waals surface area contributed by atoms with E-state index in [9.17, 15) is 4.39 Å². The van der Waals surface area contributed by atoms with E-state index in [2.05, 4.69) is 22.5 Å². The first kappa shape index (κ1) is 21.4. The highest BCUT2D eigenvalue weighted by Crippen LogP contribution is 2.29. The van der Waals surface area contributed by atoms with Crippen molar-refractivity contribution >= 4 is 5.96 Å². The minimum Gasteiger partial charge on any atom is -0.467 e. The normalized spacial score (nSPS) is 13.8. The molecule has 0 spiro atoms. The minimum atomic E-state index is -0.263. The summed E-state index contributed by atoms with van der Waals surface area (Å²) in [6.45, 7) is 8.47. The molecule has 152 valence electrons. The van der Waals surface area contributed by atoms with E-state index >= 15 is 0 Å². The lowest BCUT2D eigenvalue weighted by Crippen LogP contribution is -2.38. The number of aliphatic imine (C=N–C) groups is 1. The third-order valence-electron chi connectivity index (χ3n) is 4.14.